The number of hydrogen-bond acceptors (Lipinski definition) is 4. The Hall–Kier alpha value is -2.89. The second kappa shape index (κ2) is 5.40. The summed E-state index contributed by atoms with van der Waals surface area (Å²) >= 11 is 0. The molecule has 0 aromatic heterocycles. The van der Waals surface area contributed by atoms with Gasteiger partial charge in [0.2, 0.25) is 0 Å². The Labute approximate surface area is 114 Å². The number of nitro benzene ring substituents is 1. The lowest BCUT2D eigenvalue weighted by Crippen LogP contribution is -2.05. The van der Waals surface area contributed by atoms with E-state index in [0.29, 0.717) is 5.69 Å². The Morgan fingerprint density at radius 3 is 2.40 bits per heavy atom. The summed E-state index contributed by atoms with van der Waals surface area (Å²) in [6.07, 6.45) is 0. The average Bonchev–Trinajstić information content (AvgIpc) is 2.41. The van der Waals surface area contributed by atoms with Crippen LogP contribution in [0.15, 0.2) is 42.5 Å². The van der Waals surface area contributed by atoms with E-state index in [0.717, 1.165) is 5.56 Å². The predicted molar refractivity (Wildman–Crippen MR) is 74.5 cm³/mol. The maximum atomic E-state index is 11.2. The Morgan fingerprint density at radius 1 is 1.20 bits per heavy atom. The monoisotopic (exact) mass is 272 g/mol. The van der Waals surface area contributed by atoms with Crippen LogP contribution in [0.3, 0.4) is 0 Å². The van der Waals surface area contributed by atoms with Gasteiger partial charge in [0.25, 0.3) is 5.69 Å². The molecule has 0 aliphatic rings. The molecule has 0 spiro atoms. The standard InChI is InChI=1S/C14H12N2O4/c1-9-5-7-10(8-6-9)15-13-11(14(17)18)3-2-4-12(13)16(19)20/h2-8,15H,1H3,(H,17,18). The van der Waals surface area contributed by atoms with Crippen molar-refractivity contribution in [2.75, 3.05) is 5.32 Å². The number of carboxylic acids is 1. The SMILES string of the molecule is Cc1ccc(Nc2c(C(=O)O)cccc2[N+](=O)[O-])cc1. The fourth-order valence-corrected chi connectivity index (χ4v) is 1.78. The number of hydrogen-bond donors (Lipinski definition) is 2. The maximum Gasteiger partial charge on any atom is 0.338 e. The van der Waals surface area contributed by atoms with Gasteiger partial charge in [-0.25, -0.2) is 4.79 Å². The lowest BCUT2D eigenvalue weighted by Gasteiger charge is -2.10. The molecule has 6 nitrogen and oxygen atoms in total. The van der Waals surface area contributed by atoms with E-state index in [2.05, 4.69) is 5.32 Å². The van der Waals surface area contributed by atoms with Crippen LogP contribution in [0.1, 0.15) is 15.9 Å². The number of nitro groups is 1. The average molecular weight is 272 g/mol. The van der Waals surface area contributed by atoms with Crippen molar-refractivity contribution in [2.24, 2.45) is 0 Å². The number of rotatable bonds is 4. The highest BCUT2D eigenvalue weighted by Gasteiger charge is 2.21. The van der Waals surface area contributed by atoms with Crippen molar-refractivity contribution in [3.05, 3.63) is 63.7 Å². The van der Waals surface area contributed by atoms with Gasteiger partial charge in [-0.05, 0) is 25.1 Å². The second-order valence-corrected chi connectivity index (χ2v) is 4.25. The van der Waals surface area contributed by atoms with Crippen molar-refractivity contribution in [1.82, 2.24) is 0 Å². The number of anilines is 2. The number of nitrogens with zero attached hydrogens (tertiary/aromatic N) is 1. The van der Waals surface area contributed by atoms with E-state index in [4.69, 9.17) is 5.11 Å². The fraction of sp³-hybridized carbons (Fsp3) is 0.0714. The van der Waals surface area contributed by atoms with Crippen LogP contribution in [-0.4, -0.2) is 16.0 Å². The Balaban J connectivity index is 2.50. The van der Waals surface area contributed by atoms with Gasteiger partial charge in [-0.15, -0.1) is 0 Å². The van der Waals surface area contributed by atoms with Crippen LogP contribution < -0.4 is 5.32 Å². The lowest BCUT2D eigenvalue weighted by molar-refractivity contribution is -0.383. The van der Waals surface area contributed by atoms with Gasteiger partial charge < -0.3 is 10.4 Å². The zero-order chi connectivity index (χ0) is 14.7. The van der Waals surface area contributed by atoms with Crippen LogP contribution >= 0.6 is 0 Å². The van der Waals surface area contributed by atoms with Gasteiger partial charge in [-0.2, -0.15) is 0 Å². The summed E-state index contributed by atoms with van der Waals surface area (Å²) < 4.78 is 0. The van der Waals surface area contributed by atoms with E-state index < -0.39 is 10.9 Å². The minimum atomic E-state index is -1.22. The number of aryl methyl sites for hydroxylation is 1. The molecule has 0 amide bonds. The first-order valence-corrected chi connectivity index (χ1v) is 5.83. The molecule has 0 bridgehead atoms. The summed E-state index contributed by atoms with van der Waals surface area (Å²) in [7, 11) is 0. The summed E-state index contributed by atoms with van der Waals surface area (Å²) in [4.78, 5) is 21.6. The Bertz CT molecular complexity index is 633. The van der Waals surface area contributed by atoms with Gasteiger partial charge in [0.05, 0.1) is 10.5 Å². The van der Waals surface area contributed by atoms with Crippen LogP contribution in [-0.2, 0) is 0 Å². The summed E-state index contributed by atoms with van der Waals surface area (Å²) in [6, 6.07) is 11.1. The molecule has 20 heavy (non-hydrogen) atoms. The normalized spacial score (nSPS) is 10.1. The minimum Gasteiger partial charge on any atom is -0.478 e. The summed E-state index contributed by atoms with van der Waals surface area (Å²) in [5.41, 5.74) is 1.20. The quantitative estimate of drug-likeness (QED) is 0.657. The first-order valence-electron chi connectivity index (χ1n) is 5.83. The topological polar surface area (TPSA) is 92.5 Å². The molecule has 0 aliphatic carbocycles. The highest BCUT2D eigenvalue weighted by atomic mass is 16.6. The third-order valence-electron chi connectivity index (χ3n) is 2.79. The largest absolute Gasteiger partial charge is 0.478 e. The molecular formula is C14H12N2O4. The van der Waals surface area contributed by atoms with E-state index >= 15 is 0 Å². The Morgan fingerprint density at radius 2 is 1.85 bits per heavy atom. The zero-order valence-corrected chi connectivity index (χ0v) is 10.7. The molecule has 0 aliphatic heterocycles. The molecule has 0 radical (unpaired) electrons. The molecule has 0 fully saturated rings. The molecular weight excluding hydrogens is 260 g/mol. The highest BCUT2D eigenvalue weighted by molar-refractivity contribution is 5.98. The second-order valence-electron chi connectivity index (χ2n) is 4.25. The van der Waals surface area contributed by atoms with Crippen molar-refractivity contribution in [2.45, 2.75) is 6.92 Å². The van der Waals surface area contributed by atoms with E-state index in [9.17, 15) is 14.9 Å². The number of carbonyl (C=O) groups is 1. The van der Waals surface area contributed by atoms with Crippen molar-refractivity contribution < 1.29 is 14.8 Å². The van der Waals surface area contributed by atoms with Crippen LogP contribution in [0.25, 0.3) is 0 Å². The van der Waals surface area contributed by atoms with Gasteiger partial charge in [0.1, 0.15) is 5.69 Å². The molecule has 0 unspecified atom stereocenters. The summed E-state index contributed by atoms with van der Waals surface area (Å²) in [6.45, 7) is 1.91. The first-order chi connectivity index (χ1) is 9.49. The van der Waals surface area contributed by atoms with Gasteiger partial charge in [-0.1, -0.05) is 23.8 Å². The first kappa shape index (κ1) is 13.5. The van der Waals surface area contributed by atoms with Gasteiger partial charge in [0, 0.05) is 11.8 Å². The molecule has 0 saturated carbocycles. The third kappa shape index (κ3) is 2.74. The van der Waals surface area contributed by atoms with Gasteiger partial charge >= 0.3 is 5.97 Å². The maximum absolute atomic E-state index is 11.2. The molecule has 6 heteroatoms. The van der Waals surface area contributed by atoms with Gasteiger partial charge in [-0.3, -0.25) is 10.1 Å². The number of nitrogens with one attached hydrogen (secondary N) is 1. The minimum absolute atomic E-state index is 0.0196. The number of aromatic carboxylic acids is 1. The van der Waals surface area contributed by atoms with Crippen molar-refractivity contribution in [1.29, 1.82) is 0 Å². The third-order valence-corrected chi connectivity index (χ3v) is 2.79. The van der Waals surface area contributed by atoms with E-state index in [1.54, 1.807) is 12.1 Å². The van der Waals surface area contributed by atoms with Crippen LogP contribution in [0, 0.1) is 17.0 Å². The lowest BCUT2D eigenvalue weighted by atomic mass is 10.1. The highest BCUT2D eigenvalue weighted by Crippen LogP contribution is 2.31. The number of para-hydroxylation sites is 1. The van der Waals surface area contributed by atoms with E-state index in [-0.39, 0.29) is 16.9 Å². The summed E-state index contributed by atoms with van der Waals surface area (Å²) in [5.74, 6) is -1.22. The molecule has 102 valence electrons. The molecule has 2 rings (SSSR count). The molecule has 2 aromatic carbocycles. The fourth-order valence-electron chi connectivity index (χ4n) is 1.78. The smallest absolute Gasteiger partial charge is 0.338 e. The van der Waals surface area contributed by atoms with Crippen LogP contribution in [0.2, 0.25) is 0 Å². The number of benzene rings is 2. The molecule has 0 saturated heterocycles. The summed E-state index contributed by atoms with van der Waals surface area (Å²) in [5, 5.41) is 23.0. The van der Waals surface area contributed by atoms with E-state index in [1.165, 1.54) is 18.2 Å². The predicted octanol–water partition coefficient (Wildman–Crippen LogP) is 3.35. The van der Waals surface area contributed by atoms with Gasteiger partial charge in [0.15, 0.2) is 0 Å². The van der Waals surface area contributed by atoms with E-state index in [1.807, 2.05) is 19.1 Å². The number of carboxylic acid groups (broad SMARTS) is 1. The Kier molecular flexibility index (Phi) is 3.65. The van der Waals surface area contributed by atoms with Crippen LogP contribution in [0.5, 0.6) is 0 Å². The van der Waals surface area contributed by atoms with Crippen molar-refractivity contribution >= 4 is 23.0 Å². The van der Waals surface area contributed by atoms with Crippen LogP contribution in [0.4, 0.5) is 17.1 Å². The molecule has 2 aromatic rings. The molecule has 0 atom stereocenters. The van der Waals surface area contributed by atoms with Crippen molar-refractivity contribution in [3.8, 4) is 0 Å². The zero-order valence-electron chi connectivity index (χ0n) is 10.7. The molecule has 0 heterocycles. The molecule has 2 N–H and O–H groups in total. The van der Waals surface area contributed by atoms with Crippen molar-refractivity contribution in [3.63, 3.8) is 0 Å².